The molecule has 2 aromatic rings. The summed E-state index contributed by atoms with van der Waals surface area (Å²) < 4.78 is 25.5. The first-order valence-corrected chi connectivity index (χ1v) is 9.87. The molecule has 4 rings (SSSR count). The Morgan fingerprint density at radius 3 is 2.75 bits per heavy atom. The van der Waals surface area contributed by atoms with Crippen molar-refractivity contribution in [3.63, 3.8) is 0 Å². The minimum absolute atomic E-state index is 0.0444. The normalized spacial score (nSPS) is 19.3. The van der Waals surface area contributed by atoms with E-state index in [-0.39, 0.29) is 17.1 Å². The average molecular weight is 347 g/mol. The predicted octanol–water partition coefficient (Wildman–Crippen LogP) is 1.25. The summed E-state index contributed by atoms with van der Waals surface area (Å²) in [5.41, 5.74) is 2.27. The van der Waals surface area contributed by atoms with E-state index in [2.05, 4.69) is 16.4 Å². The van der Waals surface area contributed by atoms with E-state index in [0.717, 1.165) is 24.8 Å². The molecule has 1 aromatic heterocycles. The molecule has 0 atom stereocenters. The second-order valence-electron chi connectivity index (χ2n) is 6.66. The van der Waals surface area contributed by atoms with Crippen LogP contribution < -0.4 is 5.32 Å². The van der Waals surface area contributed by atoms with Crippen molar-refractivity contribution < 1.29 is 13.2 Å². The molecule has 1 aliphatic carbocycles. The fourth-order valence-electron chi connectivity index (χ4n) is 3.19. The fourth-order valence-corrected chi connectivity index (χ4v) is 5.12. The topological polar surface area (TPSA) is 82.3 Å². The van der Waals surface area contributed by atoms with Crippen molar-refractivity contribution >= 4 is 26.8 Å². The Bertz CT molecular complexity index is 864. The molecule has 2 heterocycles. The van der Waals surface area contributed by atoms with Crippen molar-refractivity contribution in [3.8, 4) is 0 Å². The third-order valence-electron chi connectivity index (χ3n) is 4.89. The predicted molar refractivity (Wildman–Crippen MR) is 92.0 cm³/mol. The zero-order valence-corrected chi connectivity index (χ0v) is 14.2. The maximum atomic E-state index is 12.1. The molecule has 2 aliphatic rings. The zero-order chi connectivity index (χ0) is 16.7. The number of benzene rings is 1. The molecule has 0 unspecified atom stereocenters. The summed E-state index contributed by atoms with van der Waals surface area (Å²) in [6.45, 7) is 1.22. The highest BCUT2D eigenvalue weighted by Gasteiger charge is 2.46. The van der Waals surface area contributed by atoms with Crippen molar-refractivity contribution in [2.45, 2.75) is 24.5 Å². The number of sulfonamides is 1. The molecule has 0 bridgehead atoms. The number of nitrogens with zero attached hydrogens (tertiary/aromatic N) is 1. The fraction of sp³-hybridized carbons (Fsp3) is 0.471. The number of hydrogen-bond acceptors (Lipinski definition) is 3. The lowest BCUT2D eigenvalue weighted by atomic mass is 10.0. The number of amides is 1. The number of aromatic amines is 1. The Labute approximate surface area is 141 Å². The summed E-state index contributed by atoms with van der Waals surface area (Å²) in [4.78, 5) is 15.4. The van der Waals surface area contributed by atoms with Gasteiger partial charge in [0.2, 0.25) is 15.9 Å². The standard InChI is InChI=1S/C17H21N3O3S/c21-17(13-10-20(11-13)24(22,23)14-5-6-14)18-8-7-12-9-19-16-4-2-1-3-15(12)16/h1-4,9,13-14,19H,5-8,10-11H2,(H,18,21). The van der Waals surface area contributed by atoms with Crippen molar-refractivity contribution in [2.24, 2.45) is 5.92 Å². The Kier molecular flexibility index (Phi) is 3.85. The lowest BCUT2D eigenvalue weighted by Gasteiger charge is -2.37. The van der Waals surface area contributed by atoms with Gasteiger partial charge in [-0.15, -0.1) is 0 Å². The van der Waals surface area contributed by atoms with Crippen molar-refractivity contribution in [2.75, 3.05) is 19.6 Å². The molecule has 1 saturated carbocycles. The van der Waals surface area contributed by atoms with E-state index in [1.54, 1.807) is 0 Å². The minimum atomic E-state index is -3.13. The maximum absolute atomic E-state index is 12.1. The van der Waals surface area contributed by atoms with Gasteiger partial charge in [-0.1, -0.05) is 18.2 Å². The van der Waals surface area contributed by atoms with Crippen LogP contribution in [-0.2, 0) is 21.2 Å². The number of para-hydroxylation sites is 1. The molecule has 2 N–H and O–H groups in total. The first-order valence-electron chi connectivity index (χ1n) is 8.37. The van der Waals surface area contributed by atoms with E-state index in [1.807, 2.05) is 24.4 Å². The van der Waals surface area contributed by atoms with Gasteiger partial charge in [0.15, 0.2) is 0 Å². The number of carbonyl (C=O) groups is 1. The first kappa shape index (κ1) is 15.7. The summed E-state index contributed by atoms with van der Waals surface area (Å²) in [7, 11) is -3.13. The second-order valence-corrected chi connectivity index (χ2v) is 8.87. The highest BCUT2D eigenvalue weighted by Crippen LogP contribution is 2.34. The number of hydrogen-bond donors (Lipinski definition) is 2. The van der Waals surface area contributed by atoms with Crippen LogP contribution in [0.2, 0.25) is 0 Å². The van der Waals surface area contributed by atoms with Crippen LogP contribution in [0.15, 0.2) is 30.5 Å². The van der Waals surface area contributed by atoms with Gasteiger partial charge in [-0.25, -0.2) is 8.42 Å². The van der Waals surface area contributed by atoms with Crippen LogP contribution in [0.5, 0.6) is 0 Å². The van der Waals surface area contributed by atoms with E-state index in [4.69, 9.17) is 0 Å². The van der Waals surface area contributed by atoms with Crippen LogP contribution in [0.3, 0.4) is 0 Å². The van der Waals surface area contributed by atoms with E-state index in [1.165, 1.54) is 15.3 Å². The monoisotopic (exact) mass is 347 g/mol. The largest absolute Gasteiger partial charge is 0.361 e. The number of rotatable bonds is 6. The van der Waals surface area contributed by atoms with Crippen molar-refractivity contribution in [1.82, 2.24) is 14.6 Å². The van der Waals surface area contributed by atoms with E-state index >= 15 is 0 Å². The smallest absolute Gasteiger partial charge is 0.225 e. The SMILES string of the molecule is O=C(NCCc1c[nH]c2ccccc12)C1CN(S(=O)(=O)C2CC2)C1. The quantitative estimate of drug-likeness (QED) is 0.825. The van der Waals surface area contributed by atoms with Gasteiger partial charge in [0.25, 0.3) is 0 Å². The molecule has 1 amide bonds. The second kappa shape index (κ2) is 5.89. The van der Waals surface area contributed by atoms with Crippen LogP contribution in [0.4, 0.5) is 0 Å². The molecule has 7 heteroatoms. The summed E-state index contributed by atoms with van der Waals surface area (Å²) >= 11 is 0. The lowest BCUT2D eigenvalue weighted by molar-refractivity contribution is -0.128. The van der Waals surface area contributed by atoms with Gasteiger partial charge in [0.1, 0.15) is 0 Å². The van der Waals surface area contributed by atoms with Crippen LogP contribution in [-0.4, -0.2) is 48.5 Å². The molecule has 2 fully saturated rings. The molecule has 1 aromatic carbocycles. The number of carbonyl (C=O) groups excluding carboxylic acids is 1. The average Bonchev–Trinajstić information content (AvgIpc) is 3.29. The summed E-state index contributed by atoms with van der Waals surface area (Å²) in [6.07, 6.45) is 4.26. The molecule has 24 heavy (non-hydrogen) atoms. The molecular formula is C17H21N3O3S. The Balaban J connectivity index is 1.26. The number of aromatic nitrogens is 1. The highest BCUT2D eigenvalue weighted by atomic mass is 32.2. The molecule has 1 saturated heterocycles. The molecule has 1 aliphatic heterocycles. The number of H-pyrrole nitrogens is 1. The van der Waals surface area contributed by atoms with E-state index in [0.29, 0.717) is 19.6 Å². The first-order chi connectivity index (χ1) is 11.6. The van der Waals surface area contributed by atoms with Gasteiger partial charge in [-0.2, -0.15) is 4.31 Å². The third-order valence-corrected chi connectivity index (χ3v) is 7.22. The Hall–Kier alpha value is -1.86. The van der Waals surface area contributed by atoms with Crippen molar-refractivity contribution in [1.29, 1.82) is 0 Å². The lowest BCUT2D eigenvalue weighted by Crippen LogP contribution is -2.56. The Morgan fingerprint density at radius 2 is 2.00 bits per heavy atom. The van der Waals surface area contributed by atoms with Gasteiger partial charge < -0.3 is 10.3 Å². The third kappa shape index (κ3) is 2.82. The Morgan fingerprint density at radius 1 is 1.25 bits per heavy atom. The van der Waals surface area contributed by atoms with E-state index < -0.39 is 10.0 Å². The number of fused-ring (bicyclic) bond motifs is 1. The molecule has 0 radical (unpaired) electrons. The summed E-state index contributed by atoms with van der Waals surface area (Å²) in [6, 6.07) is 8.08. The molecule has 0 spiro atoms. The molecular weight excluding hydrogens is 326 g/mol. The van der Waals surface area contributed by atoms with Gasteiger partial charge in [-0.3, -0.25) is 4.79 Å². The van der Waals surface area contributed by atoms with Crippen molar-refractivity contribution in [3.05, 3.63) is 36.0 Å². The summed E-state index contributed by atoms with van der Waals surface area (Å²) in [5, 5.41) is 3.92. The van der Waals surface area contributed by atoms with Gasteiger partial charge in [0.05, 0.1) is 11.2 Å². The maximum Gasteiger partial charge on any atom is 0.225 e. The van der Waals surface area contributed by atoms with Gasteiger partial charge in [0, 0.05) is 36.7 Å². The molecule has 6 nitrogen and oxygen atoms in total. The zero-order valence-electron chi connectivity index (χ0n) is 13.4. The number of nitrogens with one attached hydrogen (secondary N) is 2. The minimum Gasteiger partial charge on any atom is -0.361 e. The van der Waals surface area contributed by atoms with Gasteiger partial charge in [-0.05, 0) is 30.9 Å². The van der Waals surface area contributed by atoms with Crippen LogP contribution in [0, 0.1) is 5.92 Å². The summed E-state index contributed by atoms with van der Waals surface area (Å²) in [5.74, 6) is -0.251. The van der Waals surface area contributed by atoms with Crippen LogP contribution >= 0.6 is 0 Å². The van der Waals surface area contributed by atoms with Crippen LogP contribution in [0.1, 0.15) is 18.4 Å². The molecule has 128 valence electrons. The highest BCUT2D eigenvalue weighted by molar-refractivity contribution is 7.90. The van der Waals surface area contributed by atoms with Crippen LogP contribution in [0.25, 0.3) is 10.9 Å². The van der Waals surface area contributed by atoms with Gasteiger partial charge >= 0.3 is 0 Å². The van der Waals surface area contributed by atoms with E-state index in [9.17, 15) is 13.2 Å².